The van der Waals surface area contributed by atoms with Gasteiger partial charge in [0.25, 0.3) is 0 Å². The predicted molar refractivity (Wildman–Crippen MR) is 85.4 cm³/mol. The Hall–Kier alpha value is -2.27. The summed E-state index contributed by atoms with van der Waals surface area (Å²) >= 11 is 5.08. The molecule has 1 unspecified atom stereocenters. The lowest BCUT2D eigenvalue weighted by Gasteiger charge is -2.21. The number of hydrazone groups is 1. The van der Waals surface area contributed by atoms with E-state index in [4.69, 9.17) is 18.0 Å². The molecule has 1 atom stereocenters. The van der Waals surface area contributed by atoms with Crippen LogP contribution in [0.4, 0.5) is 4.39 Å². The topological polar surface area (TPSA) is 41.6 Å². The van der Waals surface area contributed by atoms with Crippen molar-refractivity contribution in [1.29, 1.82) is 0 Å². The number of hydrogen-bond acceptors (Lipinski definition) is 2. The highest BCUT2D eigenvalue weighted by Gasteiger charge is 2.30. The molecule has 106 valence electrons. The van der Waals surface area contributed by atoms with Crippen molar-refractivity contribution in [2.45, 2.75) is 12.5 Å². The van der Waals surface area contributed by atoms with Gasteiger partial charge in [0.2, 0.25) is 0 Å². The van der Waals surface area contributed by atoms with Crippen molar-refractivity contribution < 1.29 is 4.39 Å². The summed E-state index contributed by atoms with van der Waals surface area (Å²) in [5.74, 6) is -0.261. The molecule has 0 radical (unpaired) electrons. The van der Waals surface area contributed by atoms with Gasteiger partial charge in [0.05, 0.1) is 11.8 Å². The third kappa shape index (κ3) is 2.78. The standard InChI is InChI=1S/C16H14FN3S/c17-13-8-6-12(7-9-13)15-10-14(19-20(15)16(18)21)11-4-2-1-3-5-11/h1-9,15H,10H2,(H2,18,21). The van der Waals surface area contributed by atoms with Crippen LogP contribution in [-0.4, -0.2) is 15.8 Å². The summed E-state index contributed by atoms with van der Waals surface area (Å²) in [6.07, 6.45) is 0.687. The Bertz CT molecular complexity index is 682. The maximum atomic E-state index is 13.1. The summed E-state index contributed by atoms with van der Waals surface area (Å²) in [5.41, 5.74) is 8.69. The Labute approximate surface area is 127 Å². The molecule has 1 aliphatic rings. The third-order valence-electron chi connectivity index (χ3n) is 3.50. The molecule has 1 aliphatic heterocycles. The molecule has 0 aliphatic carbocycles. The van der Waals surface area contributed by atoms with Gasteiger partial charge in [-0.2, -0.15) is 5.10 Å². The molecule has 3 rings (SSSR count). The van der Waals surface area contributed by atoms with E-state index in [0.717, 1.165) is 16.8 Å². The number of thiocarbonyl (C=S) groups is 1. The van der Waals surface area contributed by atoms with Gasteiger partial charge in [-0.15, -0.1) is 0 Å². The van der Waals surface area contributed by atoms with Gasteiger partial charge in [-0.1, -0.05) is 42.5 Å². The van der Waals surface area contributed by atoms with Crippen LogP contribution in [0, 0.1) is 5.82 Å². The van der Waals surface area contributed by atoms with Crippen molar-refractivity contribution in [2.75, 3.05) is 0 Å². The first-order chi connectivity index (χ1) is 10.1. The smallest absolute Gasteiger partial charge is 0.187 e. The van der Waals surface area contributed by atoms with Gasteiger partial charge >= 0.3 is 0 Å². The van der Waals surface area contributed by atoms with E-state index in [1.807, 2.05) is 30.3 Å². The normalized spacial score (nSPS) is 17.7. The molecule has 2 aromatic rings. The number of hydrogen-bond donors (Lipinski definition) is 1. The zero-order chi connectivity index (χ0) is 14.8. The molecule has 0 spiro atoms. The number of halogens is 1. The van der Waals surface area contributed by atoms with E-state index < -0.39 is 0 Å². The van der Waals surface area contributed by atoms with E-state index in [0.29, 0.717) is 6.42 Å². The van der Waals surface area contributed by atoms with Crippen LogP contribution in [0.15, 0.2) is 59.7 Å². The SMILES string of the molecule is NC(=S)N1N=C(c2ccccc2)CC1c1ccc(F)cc1. The molecule has 2 N–H and O–H groups in total. The molecule has 0 fully saturated rings. The quantitative estimate of drug-likeness (QED) is 0.866. The Morgan fingerprint density at radius 3 is 2.43 bits per heavy atom. The molecule has 21 heavy (non-hydrogen) atoms. The van der Waals surface area contributed by atoms with Crippen LogP contribution in [0.3, 0.4) is 0 Å². The van der Waals surface area contributed by atoms with Crippen LogP contribution in [0.2, 0.25) is 0 Å². The Morgan fingerprint density at radius 1 is 1.14 bits per heavy atom. The summed E-state index contributed by atoms with van der Waals surface area (Å²) in [4.78, 5) is 0. The molecule has 1 heterocycles. The van der Waals surface area contributed by atoms with Crippen LogP contribution in [-0.2, 0) is 0 Å². The molecular weight excluding hydrogens is 285 g/mol. The van der Waals surface area contributed by atoms with E-state index in [1.165, 1.54) is 12.1 Å². The Balaban J connectivity index is 1.93. The number of nitrogens with two attached hydrogens (primary N) is 1. The largest absolute Gasteiger partial charge is 0.375 e. The van der Waals surface area contributed by atoms with Gasteiger partial charge in [0.15, 0.2) is 5.11 Å². The van der Waals surface area contributed by atoms with E-state index in [1.54, 1.807) is 17.1 Å². The predicted octanol–water partition coefficient (Wildman–Crippen LogP) is 3.22. The fourth-order valence-electron chi connectivity index (χ4n) is 2.46. The average Bonchev–Trinajstić information content (AvgIpc) is 2.94. The second kappa shape index (κ2) is 5.61. The lowest BCUT2D eigenvalue weighted by Crippen LogP contribution is -2.31. The minimum absolute atomic E-state index is 0.0849. The Kier molecular flexibility index (Phi) is 3.66. The summed E-state index contributed by atoms with van der Waals surface area (Å²) in [5, 5.41) is 6.38. The molecule has 0 aromatic heterocycles. The van der Waals surface area contributed by atoms with Crippen LogP contribution in [0.25, 0.3) is 0 Å². The van der Waals surface area contributed by atoms with Gasteiger partial charge in [-0.3, -0.25) is 0 Å². The zero-order valence-corrected chi connectivity index (χ0v) is 12.1. The first-order valence-electron chi connectivity index (χ1n) is 6.62. The monoisotopic (exact) mass is 299 g/mol. The summed E-state index contributed by atoms with van der Waals surface area (Å²) in [6, 6.07) is 16.2. The maximum absolute atomic E-state index is 13.1. The van der Waals surface area contributed by atoms with Gasteiger partial charge in [0.1, 0.15) is 5.82 Å². The Morgan fingerprint density at radius 2 is 1.81 bits per heavy atom. The van der Waals surface area contributed by atoms with Crippen LogP contribution >= 0.6 is 12.2 Å². The first kappa shape index (κ1) is 13.7. The van der Waals surface area contributed by atoms with Crippen molar-refractivity contribution >= 4 is 23.0 Å². The minimum atomic E-state index is -0.261. The van der Waals surface area contributed by atoms with Crippen LogP contribution in [0.1, 0.15) is 23.6 Å². The molecule has 0 saturated carbocycles. The minimum Gasteiger partial charge on any atom is -0.375 e. The summed E-state index contributed by atoms with van der Waals surface area (Å²) in [7, 11) is 0. The van der Waals surface area contributed by atoms with Crippen molar-refractivity contribution in [3.8, 4) is 0 Å². The maximum Gasteiger partial charge on any atom is 0.187 e. The third-order valence-corrected chi connectivity index (χ3v) is 3.69. The molecule has 0 saturated heterocycles. The van der Waals surface area contributed by atoms with Crippen molar-refractivity contribution in [3.63, 3.8) is 0 Å². The molecule has 5 heteroatoms. The molecule has 0 bridgehead atoms. The molecular formula is C16H14FN3S. The van der Waals surface area contributed by atoms with Gasteiger partial charge < -0.3 is 5.73 Å². The van der Waals surface area contributed by atoms with E-state index in [-0.39, 0.29) is 17.0 Å². The first-order valence-corrected chi connectivity index (χ1v) is 7.03. The highest BCUT2D eigenvalue weighted by Crippen LogP contribution is 2.32. The summed E-state index contributed by atoms with van der Waals surface area (Å²) in [6.45, 7) is 0. The van der Waals surface area contributed by atoms with Gasteiger partial charge in [-0.05, 0) is 35.5 Å². The molecule has 3 nitrogen and oxygen atoms in total. The van der Waals surface area contributed by atoms with Crippen LogP contribution in [0.5, 0.6) is 0 Å². The number of nitrogens with zero attached hydrogens (tertiary/aromatic N) is 2. The second-order valence-corrected chi connectivity index (χ2v) is 5.29. The average molecular weight is 299 g/mol. The molecule has 2 aromatic carbocycles. The van der Waals surface area contributed by atoms with E-state index >= 15 is 0 Å². The number of rotatable bonds is 2. The fourth-order valence-corrected chi connectivity index (χ4v) is 2.63. The van der Waals surface area contributed by atoms with Gasteiger partial charge in [-0.25, -0.2) is 9.40 Å². The fraction of sp³-hybridized carbons (Fsp3) is 0.125. The zero-order valence-electron chi connectivity index (χ0n) is 11.2. The highest BCUT2D eigenvalue weighted by molar-refractivity contribution is 7.80. The van der Waals surface area contributed by atoms with Crippen molar-refractivity contribution in [2.24, 2.45) is 10.8 Å². The van der Waals surface area contributed by atoms with E-state index in [2.05, 4.69) is 5.10 Å². The second-order valence-electron chi connectivity index (χ2n) is 4.87. The van der Waals surface area contributed by atoms with Crippen molar-refractivity contribution in [1.82, 2.24) is 5.01 Å². The number of benzene rings is 2. The van der Waals surface area contributed by atoms with E-state index in [9.17, 15) is 4.39 Å². The van der Waals surface area contributed by atoms with Gasteiger partial charge in [0, 0.05) is 6.42 Å². The van der Waals surface area contributed by atoms with Crippen LogP contribution < -0.4 is 5.73 Å². The summed E-state index contributed by atoms with van der Waals surface area (Å²) < 4.78 is 13.1. The lowest BCUT2D eigenvalue weighted by molar-refractivity contribution is 0.372. The highest BCUT2D eigenvalue weighted by atomic mass is 32.1. The lowest BCUT2D eigenvalue weighted by atomic mass is 9.98. The van der Waals surface area contributed by atoms with Crippen molar-refractivity contribution in [3.05, 3.63) is 71.5 Å². The molecule has 0 amide bonds.